The molecule has 0 heterocycles. The van der Waals surface area contributed by atoms with Gasteiger partial charge in [-0.25, -0.2) is 0 Å². The summed E-state index contributed by atoms with van der Waals surface area (Å²) < 4.78 is 0. The zero-order valence-electron chi connectivity index (χ0n) is 10.3. The lowest BCUT2D eigenvalue weighted by atomic mass is 10.0. The van der Waals surface area contributed by atoms with Gasteiger partial charge in [0.2, 0.25) is 0 Å². The molecule has 0 spiro atoms. The lowest BCUT2D eigenvalue weighted by molar-refractivity contribution is 0.0967. The molecule has 1 N–H and O–H groups in total. The Morgan fingerprint density at radius 2 is 2.06 bits per heavy atom. The van der Waals surface area contributed by atoms with Crippen molar-refractivity contribution in [2.75, 3.05) is 13.6 Å². The number of carbonyl (C=O) groups is 1. The summed E-state index contributed by atoms with van der Waals surface area (Å²) in [4.78, 5) is 11.8. The third kappa shape index (κ3) is 3.53. The Balaban J connectivity index is 1.92. The molecule has 0 atom stereocenters. The van der Waals surface area contributed by atoms with E-state index in [-0.39, 0.29) is 0 Å². The van der Waals surface area contributed by atoms with Crippen molar-refractivity contribution in [2.45, 2.75) is 19.3 Å². The summed E-state index contributed by atoms with van der Waals surface area (Å²) in [5, 5.41) is 3.10. The van der Waals surface area contributed by atoms with Gasteiger partial charge >= 0.3 is 0 Å². The molecule has 2 heteroatoms. The van der Waals surface area contributed by atoms with Gasteiger partial charge in [0, 0.05) is 11.5 Å². The molecular weight excluding hydrogens is 210 g/mol. The number of carbonyl (C=O) groups excluding carboxylic acids is 1. The normalized spacial score (nSPS) is 15.4. The van der Waals surface area contributed by atoms with Crippen molar-refractivity contribution in [2.24, 2.45) is 5.92 Å². The molecule has 0 radical (unpaired) electrons. The van der Waals surface area contributed by atoms with Crippen LogP contribution < -0.4 is 5.32 Å². The van der Waals surface area contributed by atoms with E-state index in [1.54, 1.807) is 0 Å². The minimum Gasteiger partial charge on any atom is -0.319 e. The molecule has 2 rings (SSSR count). The average molecular weight is 229 g/mol. The summed E-state index contributed by atoms with van der Waals surface area (Å²) >= 11 is 0. The molecule has 0 unspecified atom stereocenters. The summed E-state index contributed by atoms with van der Waals surface area (Å²) in [6.07, 6.45) is 7.42. The number of ketones is 1. The monoisotopic (exact) mass is 229 g/mol. The highest BCUT2D eigenvalue weighted by Crippen LogP contribution is 2.32. The van der Waals surface area contributed by atoms with Gasteiger partial charge in [0.1, 0.15) is 0 Å². The van der Waals surface area contributed by atoms with Crippen LogP contribution in [0.4, 0.5) is 0 Å². The van der Waals surface area contributed by atoms with E-state index in [1.807, 2.05) is 31.3 Å². The highest BCUT2D eigenvalue weighted by atomic mass is 16.1. The van der Waals surface area contributed by atoms with Crippen molar-refractivity contribution in [3.63, 3.8) is 0 Å². The summed E-state index contributed by atoms with van der Waals surface area (Å²) in [5.74, 6) is 0.628. The highest BCUT2D eigenvalue weighted by molar-refractivity contribution is 5.99. The molecule has 0 aromatic heterocycles. The van der Waals surface area contributed by atoms with Gasteiger partial charge in [-0.2, -0.15) is 0 Å². The summed E-state index contributed by atoms with van der Waals surface area (Å²) in [5.41, 5.74) is 2.02. The second-order valence-corrected chi connectivity index (χ2v) is 4.56. The lowest BCUT2D eigenvalue weighted by Crippen LogP contribution is -2.05. The fourth-order valence-electron chi connectivity index (χ4n) is 1.79. The van der Waals surface area contributed by atoms with Crippen LogP contribution in [0.3, 0.4) is 0 Å². The molecule has 1 aliphatic rings. The van der Waals surface area contributed by atoms with Crippen molar-refractivity contribution in [3.8, 4) is 0 Å². The molecule has 0 saturated heterocycles. The van der Waals surface area contributed by atoms with Crippen molar-refractivity contribution in [1.29, 1.82) is 0 Å². The van der Waals surface area contributed by atoms with Gasteiger partial charge < -0.3 is 5.32 Å². The van der Waals surface area contributed by atoms with Gasteiger partial charge in [0.15, 0.2) is 5.78 Å². The van der Waals surface area contributed by atoms with Crippen molar-refractivity contribution >= 4 is 11.9 Å². The van der Waals surface area contributed by atoms with E-state index in [0.29, 0.717) is 11.7 Å². The quantitative estimate of drug-likeness (QED) is 0.600. The van der Waals surface area contributed by atoms with E-state index < -0.39 is 0 Å². The molecular formula is C15H19NO. The first-order chi connectivity index (χ1) is 8.31. The molecule has 1 saturated carbocycles. The van der Waals surface area contributed by atoms with E-state index in [2.05, 4.69) is 17.5 Å². The average Bonchev–Trinajstić information content (AvgIpc) is 3.19. The smallest absolute Gasteiger partial charge is 0.165 e. The second-order valence-electron chi connectivity index (χ2n) is 4.56. The number of Topliss-reactive ketones (excluding diaryl/α,β-unsaturated/α-hetero) is 1. The van der Waals surface area contributed by atoms with Crippen LogP contribution in [-0.4, -0.2) is 19.4 Å². The van der Waals surface area contributed by atoms with E-state index in [4.69, 9.17) is 0 Å². The molecule has 0 aliphatic heterocycles. The Bertz CT molecular complexity index is 401. The van der Waals surface area contributed by atoms with Crippen LogP contribution >= 0.6 is 0 Å². The van der Waals surface area contributed by atoms with Gasteiger partial charge in [-0.05, 0) is 38.4 Å². The summed E-state index contributed by atoms with van der Waals surface area (Å²) in [6.45, 7) is 0.995. The van der Waals surface area contributed by atoms with Crippen LogP contribution in [0.25, 0.3) is 6.08 Å². The Morgan fingerprint density at radius 3 is 2.65 bits per heavy atom. The maximum Gasteiger partial charge on any atom is 0.165 e. The predicted molar refractivity (Wildman–Crippen MR) is 71.1 cm³/mol. The Labute approximate surface area is 103 Å². The fraction of sp³-hybridized carbons (Fsp3) is 0.400. The van der Waals surface area contributed by atoms with Crippen LogP contribution in [0.2, 0.25) is 0 Å². The van der Waals surface area contributed by atoms with Crippen LogP contribution in [0, 0.1) is 5.92 Å². The largest absolute Gasteiger partial charge is 0.319 e. The van der Waals surface area contributed by atoms with Gasteiger partial charge in [0.25, 0.3) is 0 Å². The van der Waals surface area contributed by atoms with Crippen molar-refractivity contribution in [3.05, 3.63) is 41.5 Å². The van der Waals surface area contributed by atoms with Crippen LogP contribution in [0.1, 0.15) is 35.2 Å². The number of rotatable bonds is 6. The Hall–Kier alpha value is -1.41. The molecule has 1 aromatic rings. The number of nitrogens with one attached hydrogen (secondary N) is 1. The fourth-order valence-corrected chi connectivity index (χ4v) is 1.79. The molecule has 1 aliphatic carbocycles. The van der Waals surface area contributed by atoms with E-state index in [1.165, 1.54) is 0 Å². The molecule has 17 heavy (non-hydrogen) atoms. The first kappa shape index (κ1) is 12.1. The number of hydrogen-bond acceptors (Lipinski definition) is 2. The molecule has 0 amide bonds. The third-order valence-corrected chi connectivity index (χ3v) is 3.01. The van der Waals surface area contributed by atoms with Gasteiger partial charge in [0.05, 0.1) is 0 Å². The van der Waals surface area contributed by atoms with Crippen LogP contribution in [0.15, 0.2) is 30.3 Å². The Morgan fingerprint density at radius 1 is 1.35 bits per heavy atom. The standard InChI is InChI=1S/C15H19NO/c1-16-11-3-2-4-12-5-7-13(8-6-12)15(17)14-9-10-14/h2,4-8,14,16H,3,9-11H2,1H3. The molecule has 1 fully saturated rings. The summed E-state index contributed by atoms with van der Waals surface area (Å²) in [6, 6.07) is 7.92. The minimum atomic E-state index is 0.312. The second kappa shape index (κ2) is 5.78. The van der Waals surface area contributed by atoms with Crippen molar-refractivity contribution in [1.82, 2.24) is 5.32 Å². The first-order valence-corrected chi connectivity index (χ1v) is 6.26. The molecule has 1 aromatic carbocycles. The van der Waals surface area contributed by atoms with Crippen LogP contribution in [0.5, 0.6) is 0 Å². The summed E-state index contributed by atoms with van der Waals surface area (Å²) in [7, 11) is 1.95. The molecule has 0 bridgehead atoms. The zero-order valence-corrected chi connectivity index (χ0v) is 10.3. The van der Waals surface area contributed by atoms with Gasteiger partial charge in [-0.15, -0.1) is 0 Å². The minimum absolute atomic E-state index is 0.312. The SMILES string of the molecule is CNCCC=Cc1ccc(C(=O)C2CC2)cc1. The molecule has 2 nitrogen and oxygen atoms in total. The van der Waals surface area contributed by atoms with E-state index >= 15 is 0 Å². The predicted octanol–water partition coefficient (Wildman–Crippen LogP) is 2.90. The third-order valence-electron chi connectivity index (χ3n) is 3.01. The number of benzene rings is 1. The van der Waals surface area contributed by atoms with E-state index in [0.717, 1.165) is 36.9 Å². The van der Waals surface area contributed by atoms with Gasteiger partial charge in [-0.3, -0.25) is 4.79 Å². The lowest BCUT2D eigenvalue weighted by Gasteiger charge is -1.99. The van der Waals surface area contributed by atoms with Gasteiger partial charge in [-0.1, -0.05) is 36.4 Å². The zero-order chi connectivity index (χ0) is 12.1. The highest BCUT2D eigenvalue weighted by Gasteiger charge is 2.30. The maximum atomic E-state index is 11.8. The van der Waals surface area contributed by atoms with Crippen LogP contribution in [-0.2, 0) is 0 Å². The van der Waals surface area contributed by atoms with E-state index in [9.17, 15) is 4.79 Å². The Kier molecular flexibility index (Phi) is 4.10. The first-order valence-electron chi connectivity index (χ1n) is 6.26. The molecule has 90 valence electrons. The van der Waals surface area contributed by atoms with Crippen molar-refractivity contribution < 1.29 is 4.79 Å². The topological polar surface area (TPSA) is 29.1 Å². The maximum absolute atomic E-state index is 11.8. The number of hydrogen-bond donors (Lipinski definition) is 1.